The predicted molar refractivity (Wildman–Crippen MR) is 104 cm³/mol. The molecule has 0 spiro atoms. The van der Waals surface area contributed by atoms with Crippen LogP contribution in [0.4, 0.5) is 11.4 Å². The summed E-state index contributed by atoms with van der Waals surface area (Å²) in [5, 5.41) is 16.2. The minimum Gasteiger partial charge on any atom is -0.490 e. The third kappa shape index (κ3) is 6.18. The molecule has 0 saturated heterocycles. The minimum atomic E-state index is -0.579. The summed E-state index contributed by atoms with van der Waals surface area (Å²) in [5.74, 6) is -0.599. The molecule has 0 fully saturated rings. The van der Waals surface area contributed by atoms with Crippen molar-refractivity contribution in [3.63, 3.8) is 0 Å². The lowest BCUT2D eigenvalue weighted by molar-refractivity contribution is -0.385. The van der Waals surface area contributed by atoms with Crippen molar-refractivity contribution in [2.24, 2.45) is 0 Å². The summed E-state index contributed by atoms with van der Waals surface area (Å²) in [6.45, 7) is 0.343. The molecule has 0 atom stereocenters. The number of nitrogens with zero attached hydrogens (tertiary/aromatic N) is 1. The maximum Gasteiger partial charge on any atom is 0.311 e. The number of carbonyl (C=O) groups is 2. The molecule has 0 aliphatic carbocycles. The van der Waals surface area contributed by atoms with Gasteiger partial charge in [0.25, 0.3) is 11.8 Å². The lowest BCUT2D eigenvalue weighted by atomic mass is 10.1. The molecule has 0 bridgehead atoms. The first-order chi connectivity index (χ1) is 14.0. The Morgan fingerprint density at radius 3 is 2.59 bits per heavy atom. The summed E-state index contributed by atoms with van der Waals surface area (Å²) in [6.07, 6.45) is 0. The Morgan fingerprint density at radius 2 is 1.90 bits per heavy atom. The van der Waals surface area contributed by atoms with Crippen LogP contribution in [0, 0.1) is 10.1 Å². The van der Waals surface area contributed by atoms with Gasteiger partial charge in [-0.1, -0.05) is 12.1 Å². The third-order valence-electron chi connectivity index (χ3n) is 3.76. The first-order valence-electron chi connectivity index (χ1n) is 8.57. The van der Waals surface area contributed by atoms with Gasteiger partial charge in [0.15, 0.2) is 6.61 Å². The fourth-order valence-corrected chi connectivity index (χ4v) is 2.39. The summed E-state index contributed by atoms with van der Waals surface area (Å²) in [6, 6.07) is 10.5. The van der Waals surface area contributed by atoms with E-state index in [-0.39, 0.29) is 29.7 Å². The van der Waals surface area contributed by atoms with Crippen LogP contribution < -0.4 is 20.1 Å². The molecule has 10 heteroatoms. The summed E-state index contributed by atoms with van der Waals surface area (Å²) in [4.78, 5) is 34.8. The number of benzene rings is 2. The molecule has 0 aromatic heterocycles. The van der Waals surface area contributed by atoms with E-state index in [0.29, 0.717) is 24.4 Å². The first-order valence-corrected chi connectivity index (χ1v) is 8.57. The van der Waals surface area contributed by atoms with Gasteiger partial charge in [-0.3, -0.25) is 19.7 Å². The van der Waals surface area contributed by atoms with Crippen LogP contribution >= 0.6 is 0 Å². The molecule has 0 radical (unpaired) electrons. The smallest absolute Gasteiger partial charge is 0.311 e. The largest absolute Gasteiger partial charge is 0.490 e. The highest BCUT2D eigenvalue weighted by Crippen LogP contribution is 2.30. The van der Waals surface area contributed by atoms with Gasteiger partial charge in [0.05, 0.1) is 29.9 Å². The van der Waals surface area contributed by atoms with Gasteiger partial charge in [0, 0.05) is 25.8 Å². The number of amides is 2. The first kappa shape index (κ1) is 21.6. The van der Waals surface area contributed by atoms with E-state index in [0.717, 1.165) is 0 Å². The Labute approximate surface area is 166 Å². The molecule has 2 N–H and O–H groups in total. The Morgan fingerprint density at radius 1 is 1.14 bits per heavy atom. The molecule has 2 aromatic carbocycles. The predicted octanol–water partition coefficient (Wildman–Crippen LogP) is 2.00. The molecule has 0 saturated carbocycles. The fraction of sp³-hybridized carbons (Fsp3) is 0.263. The van der Waals surface area contributed by atoms with Gasteiger partial charge >= 0.3 is 5.69 Å². The van der Waals surface area contributed by atoms with Crippen LogP contribution in [-0.4, -0.2) is 50.7 Å². The van der Waals surface area contributed by atoms with Crippen LogP contribution in [0.3, 0.4) is 0 Å². The number of nitro groups is 1. The Hall–Kier alpha value is -3.66. The summed E-state index contributed by atoms with van der Waals surface area (Å²) >= 11 is 0. The molecule has 154 valence electrons. The molecule has 0 unspecified atom stereocenters. The van der Waals surface area contributed by atoms with Crippen molar-refractivity contribution in [1.29, 1.82) is 0 Å². The molecular weight excluding hydrogens is 382 g/mol. The highest BCUT2D eigenvalue weighted by Gasteiger charge is 2.16. The molecule has 29 heavy (non-hydrogen) atoms. The quantitative estimate of drug-likeness (QED) is 0.353. The average Bonchev–Trinajstić information content (AvgIpc) is 2.72. The van der Waals surface area contributed by atoms with Gasteiger partial charge in [-0.25, -0.2) is 0 Å². The number of hydrogen-bond donors (Lipinski definition) is 2. The van der Waals surface area contributed by atoms with Gasteiger partial charge in [-0.15, -0.1) is 0 Å². The minimum absolute atomic E-state index is 0.0194. The number of ether oxygens (including phenoxy) is 3. The van der Waals surface area contributed by atoms with E-state index in [1.807, 2.05) is 0 Å². The van der Waals surface area contributed by atoms with Crippen molar-refractivity contribution in [3.8, 4) is 11.5 Å². The van der Waals surface area contributed by atoms with E-state index >= 15 is 0 Å². The zero-order chi connectivity index (χ0) is 21.2. The van der Waals surface area contributed by atoms with Crippen molar-refractivity contribution in [2.75, 3.05) is 39.3 Å². The second-order valence-electron chi connectivity index (χ2n) is 5.72. The number of methoxy groups -OCH3 is 2. The fourth-order valence-electron chi connectivity index (χ4n) is 2.39. The van der Waals surface area contributed by atoms with E-state index in [2.05, 4.69) is 10.6 Å². The highest BCUT2D eigenvalue weighted by molar-refractivity contribution is 6.04. The monoisotopic (exact) mass is 403 g/mol. The van der Waals surface area contributed by atoms with Crippen LogP contribution in [0.15, 0.2) is 42.5 Å². The molecule has 10 nitrogen and oxygen atoms in total. The zero-order valence-electron chi connectivity index (χ0n) is 16.0. The number of hydrogen-bond acceptors (Lipinski definition) is 7. The summed E-state index contributed by atoms with van der Waals surface area (Å²) < 4.78 is 15.2. The molecule has 2 rings (SSSR count). The molecule has 0 aliphatic heterocycles. The Bertz CT molecular complexity index is 886. The van der Waals surface area contributed by atoms with Crippen LogP contribution in [0.1, 0.15) is 10.4 Å². The highest BCUT2D eigenvalue weighted by atomic mass is 16.6. The standard InChI is InChI=1S/C19H21N3O7/c1-27-10-9-20-19(24)14-5-3-4-6-15(14)21-18(23)12-29-13-7-8-16(22(25)26)17(11-13)28-2/h3-8,11H,9-10,12H2,1-2H3,(H,20,24)(H,21,23). The van der Waals surface area contributed by atoms with E-state index in [9.17, 15) is 19.7 Å². The van der Waals surface area contributed by atoms with Gasteiger partial charge in [0.2, 0.25) is 5.75 Å². The lowest BCUT2D eigenvalue weighted by Crippen LogP contribution is -2.28. The number of para-hydroxylation sites is 1. The maximum absolute atomic E-state index is 12.2. The van der Waals surface area contributed by atoms with E-state index in [1.54, 1.807) is 24.3 Å². The van der Waals surface area contributed by atoms with Gasteiger partial charge in [0.1, 0.15) is 5.75 Å². The van der Waals surface area contributed by atoms with Gasteiger partial charge in [-0.05, 0) is 18.2 Å². The van der Waals surface area contributed by atoms with E-state index < -0.39 is 10.8 Å². The number of rotatable bonds is 10. The number of anilines is 1. The zero-order valence-corrected chi connectivity index (χ0v) is 16.0. The molecular formula is C19H21N3O7. The lowest BCUT2D eigenvalue weighted by Gasteiger charge is -2.12. The molecule has 0 heterocycles. The topological polar surface area (TPSA) is 129 Å². The van der Waals surface area contributed by atoms with E-state index in [1.165, 1.54) is 32.4 Å². The maximum atomic E-state index is 12.2. The molecule has 0 aliphatic rings. The van der Waals surface area contributed by atoms with Crippen molar-refractivity contribution in [3.05, 3.63) is 58.1 Å². The van der Waals surface area contributed by atoms with Crippen molar-refractivity contribution in [1.82, 2.24) is 5.32 Å². The Kier molecular flexibility index (Phi) is 7.92. The number of carbonyl (C=O) groups excluding carboxylic acids is 2. The van der Waals surface area contributed by atoms with Crippen LogP contribution in [0.25, 0.3) is 0 Å². The van der Waals surface area contributed by atoms with Crippen LogP contribution in [0.5, 0.6) is 11.5 Å². The van der Waals surface area contributed by atoms with Crippen LogP contribution in [0.2, 0.25) is 0 Å². The third-order valence-corrected chi connectivity index (χ3v) is 3.76. The van der Waals surface area contributed by atoms with Crippen molar-refractivity contribution in [2.45, 2.75) is 0 Å². The second-order valence-corrected chi connectivity index (χ2v) is 5.72. The average molecular weight is 403 g/mol. The number of nitro benzene ring substituents is 1. The van der Waals surface area contributed by atoms with E-state index in [4.69, 9.17) is 14.2 Å². The van der Waals surface area contributed by atoms with Crippen molar-refractivity contribution < 1.29 is 28.7 Å². The normalized spacial score (nSPS) is 10.1. The SMILES string of the molecule is COCCNC(=O)c1ccccc1NC(=O)COc1ccc([N+](=O)[O-])c(OC)c1. The summed E-state index contributed by atoms with van der Waals surface area (Å²) in [7, 11) is 2.83. The molecule has 2 aromatic rings. The molecule has 2 amide bonds. The van der Waals surface area contributed by atoms with Gasteiger partial charge < -0.3 is 24.8 Å². The number of nitrogens with one attached hydrogen (secondary N) is 2. The summed E-state index contributed by atoms with van der Waals surface area (Å²) in [5.41, 5.74) is 0.420. The van der Waals surface area contributed by atoms with Crippen molar-refractivity contribution >= 4 is 23.2 Å². The van der Waals surface area contributed by atoms with Gasteiger partial charge in [-0.2, -0.15) is 0 Å². The van der Waals surface area contributed by atoms with Crippen LogP contribution in [-0.2, 0) is 9.53 Å². The Balaban J connectivity index is 2.00. The second kappa shape index (κ2) is 10.6.